The van der Waals surface area contributed by atoms with Crippen molar-refractivity contribution >= 4 is 29.0 Å². The van der Waals surface area contributed by atoms with Gasteiger partial charge >= 0.3 is 0 Å². The van der Waals surface area contributed by atoms with E-state index in [9.17, 15) is 9.59 Å². The second kappa shape index (κ2) is 7.69. The van der Waals surface area contributed by atoms with Gasteiger partial charge in [-0.1, -0.05) is 84.9 Å². The minimum absolute atomic E-state index is 0.196. The highest BCUT2D eigenvalue weighted by atomic mass is 16.2. The number of rotatable bonds is 4. The highest BCUT2D eigenvalue weighted by Gasteiger charge is 2.44. The standard InChI is InChI=1S/C28H21NO2/c30-20-28(19-24-14-8-13-21-9-4-6-15-25(21)24)26-16-7-5-10-22(26)17-18-29(28)27(31)23-11-2-1-3-12-23/h1-18,20H,19H2. The maximum atomic E-state index is 13.6. The molecular weight excluding hydrogens is 382 g/mol. The van der Waals surface area contributed by atoms with Crippen molar-refractivity contribution in [2.75, 3.05) is 0 Å². The third-order valence-corrected chi connectivity index (χ3v) is 6.03. The summed E-state index contributed by atoms with van der Waals surface area (Å²) < 4.78 is 0. The molecule has 4 aromatic carbocycles. The van der Waals surface area contributed by atoms with Crippen molar-refractivity contribution in [1.29, 1.82) is 0 Å². The average molecular weight is 403 g/mol. The molecule has 1 aliphatic heterocycles. The predicted molar refractivity (Wildman–Crippen MR) is 123 cm³/mol. The quantitative estimate of drug-likeness (QED) is 0.416. The van der Waals surface area contributed by atoms with Gasteiger partial charge in [-0.3, -0.25) is 9.69 Å². The average Bonchev–Trinajstić information content (AvgIpc) is 2.84. The molecule has 3 heteroatoms. The summed E-state index contributed by atoms with van der Waals surface area (Å²) >= 11 is 0. The van der Waals surface area contributed by atoms with Crippen LogP contribution in [0.5, 0.6) is 0 Å². The summed E-state index contributed by atoms with van der Waals surface area (Å²) in [6, 6.07) is 31.2. The minimum Gasteiger partial charge on any atom is -0.300 e. The molecule has 0 fully saturated rings. The van der Waals surface area contributed by atoms with E-state index in [0.717, 1.165) is 33.7 Å². The van der Waals surface area contributed by atoms with Crippen molar-refractivity contribution < 1.29 is 9.59 Å². The first-order chi connectivity index (χ1) is 15.2. The molecule has 0 saturated heterocycles. The number of fused-ring (bicyclic) bond motifs is 2. The Balaban J connectivity index is 1.70. The van der Waals surface area contributed by atoms with E-state index in [0.29, 0.717) is 12.0 Å². The fraction of sp³-hybridized carbons (Fsp3) is 0.0714. The van der Waals surface area contributed by atoms with Gasteiger partial charge in [0.2, 0.25) is 0 Å². The molecule has 1 aliphatic rings. The number of carbonyl (C=O) groups excluding carboxylic acids is 2. The first-order valence-corrected chi connectivity index (χ1v) is 10.3. The summed E-state index contributed by atoms with van der Waals surface area (Å²) in [5, 5.41) is 2.20. The smallest absolute Gasteiger partial charge is 0.258 e. The van der Waals surface area contributed by atoms with Crippen LogP contribution in [0.2, 0.25) is 0 Å². The summed E-state index contributed by atoms with van der Waals surface area (Å²) in [7, 11) is 0. The lowest BCUT2D eigenvalue weighted by Gasteiger charge is -2.42. The van der Waals surface area contributed by atoms with Crippen LogP contribution in [0, 0.1) is 0 Å². The predicted octanol–water partition coefficient (Wildman–Crippen LogP) is 5.60. The van der Waals surface area contributed by atoms with Crippen LogP contribution in [0.3, 0.4) is 0 Å². The molecule has 3 nitrogen and oxygen atoms in total. The van der Waals surface area contributed by atoms with Gasteiger partial charge in [0, 0.05) is 18.2 Å². The Kier molecular flexibility index (Phi) is 4.72. The Bertz CT molecular complexity index is 1300. The monoisotopic (exact) mass is 403 g/mol. The Hall–Kier alpha value is -3.98. The Morgan fingerprint density at radius 1 is 0.806 bits per heavy atom. The molecule has 1 unspecified atom stereocenters. The fourth-order valence-corrected chi connectivity index (χ4v) is 4.50. The van der Waals surface area contributed by atoms with Gasteiger partial charge in [-0.15, -0.1) is 0 Å². The van der Waals surface area contributed by atoms with Gasteiger partial charge < -0.3 is 4.79 Å². The number of nitrogens with zero attached hydrogens (tertiary/aromatic N) is 1. The SMILES string of the molecule is O=CC1(Cc2cccc3ccccc23)c2ccccc2C=CN1C(=O)c1ccccc1. The Morgan fingerprint density at radius 3 is 2.35 bits per heavy atom. The lowest BCUT2D eigenvalue weighted by Crippen LogP contribution is -2.51. The van der Waals surface area contributed by atoms with E-state index in [4.69, 9.17) is 0 Å². The van der Waals surface area contributed by atoms with Crippen molar-refractivity contribution in [2.24, 2.45) is 0 Å². The molecule has 5 rings (SSSR count). The molecule has 0 spiro atoms. The van der Waals surface area contributed by atoms with Crippen molar-refractivity contribution in [3.8, 4) is 0 Å². The molecule has 4 aromatic rings. The van der Waals surface area contributed by atoms with E-state index in [1.807, 2.05) is 72.8 Å². The highest BCUT2D eigenvalue weighted by Crippen LogP contribution is 2.39. The molecule has 0 N–H and O–H groups in total. The second-order valence-electron chi connectivity index (χ2n) is 7.80. The van der Waals surface area contributed by atoms with Crippen LogP contribution in [-0.2, 0) is 16.8 Å². The molecule has 150 valence electrons. The first-order valence-electron chi connectivity index (χ1n) is 10.3. The zero-order valence-electron chi connectivity index (χ0n) is 16.9. The minimum atomic E-state index is -1.14. The van der Waals surface area contributed by atoms with Gasteiger partial charge in [-0.05, 0) is 45.7 Å². The number of amides is 1. The van der Waals surface area contributed by atoms with E-state index >= 15 is 0 Å². The van der Waals surface area contributed by atoms with Crippen molar-refractivity contribution in [2.45, 2.75) is 12.0 Å². The van der Waals surface area contributed by atoms with Crippen LogP contribution in [0.25, 0.3) is 16.8 Å². The fourth-order valence-electron chi connectivity index (χ4n) is 4.50. The number of carbonyl (C=O) groups is 2. The van der Waals surface area contributed by atoms with E-state index in [-0.39, 0.29) is 5.91 Å². The van der Waals surface area contributed by atoms with Gasteiger partial charge in [0.15, 0.2) is 6.29 Å². The van der Waals surface area contributed by atoms with Crippen molar-refractivity contribution in [3.63, 3.8) is 0 Å². The summed E-state index contributed by atoms with van der Waals surface area (Å²) in [5.74, 6) is -0.196. The lowest BCUT2D eigenvalue weighted by molar-refractivity contribution is -0.116. The zero-order chi connectivity index (χ0) is 21.3. The molecule has 0 aromatic heterocycles. The summed E-state index contributed by atoms with van der Waals surface area (Å²) in [6.07, 6.45) is 4.97. The summed E-state index contributed by atoms with van der Waals surface area (Å²) in [4.78, 5) is 28.1. The highest BCUT2D eigenvalue weighted by molar-refractivity contribution is 5.99. The van der Waals surface area contributed by atoms with E-state index in [2.05, 4.69) is 18.2 Å². The molecule has 0 radical (unpaired) electrons. The lowest BCUT2D eigenvalue weighted by atomic mass is 9.78. The maximum absolute atomic E-state index is 13.6. The number of hydrogen-bond donors (Lipinski definition) is 0. The van der Waals surface area contributed by atoms with Crippen LogP contribution in [0.1, 0.15) is 27.0 Å². The zero-order valence-corrected chi connectivity index (χ0v) is 16.9. The molecule has 1 amide bonds. The van der Waals surface area contributed by atoms with Gasteiger partial charge in [0.1, 0.15) is 5.54 Å². The summed E-state index contributed by atoms with van der Waals surface area (Å²) in [6.45, 7) is 0. The molecule has 0 bridgehead atoms. The molecule has 1 atom stereocenters. The van der Waals surface area contributed by atoms with Crippen LogP contribution < -0.4 is 0 Å². The number of aldehydes is 1. The third-order valence-electron chi connectivity index (χ3n) is 6.03. The van der Waals surface area contributed by atoms with Crippen LogP contribution in [0.4, 0.5) is 0 Å². The van der Waals surface area contributed by atoms with Crippen LogP contribution >= 0.6 is 0 Å². The molecule has 0 saturated carbocycles. The normalized spacial score (nSPS) is 17.4. The first kappa shape index (κ1) is 19.0. The molecule has 0 aliphatic carbocycles. The maximum Gasteiger partial charge on any atom is 0.258 e. The Morgan fingerprint density at radius 2 is 1.52 bits per heavy atom. The van der Waals surface area contributed by atoms with E-state index in [1.54, 1.807) is 23.2 Å². The van der Waals surface area contributed by atoms with Crippen molar-refractivity contribution in [1.82, 2.24) is 4.90 Å². The third kappa shape index (κ3) is 3.15. The van der Waals surface area contributed by atoms with Gasteiger partial charge in [-0.2, -0.15) is 0 Å². The number of hydrogen-bond acceptors (Lipinski definition) is 2. The van der Waals surface area contributed by atoms with Gasteiger partial charge in [-0.25, -0.2) is 0 Å². The second-order valence-corrected chi connectivity index (χ2v) is 7.80. The topological polar surface area (TPSA) is 37.4 Å². The van der Waals surface area contributed by atoms with Crippen LogP contribution in [0.15, 0.2) is 103 Å². The Labute approximate surface area is 181 Å². The van der Waals surface area contributed by atoms with Gasteiger partial charge in [0.05, 0.1) is 0 Å². The molecule has 1 heterocycles. The number of benzene rings is 4. The van der Waals surface area contributed by atoms with Crippen molar-refractivity contribution in [3.05, 3.63) is 126 Å². The molecular formula is C28H21NO2. The summed E-state index contributed by atoms with van der Waals surface area (Å²) in [5.41, 5.74) is 2.23. The largest absolute Gasteiger partial charge is 0.300 e. The van der Waals surface area contributed by atoms with Crippen LogP contribution in [-0.4, -0.2) is 17.1 Å². The van der Waals surface area contributed by atoms with E-state index < -0.39 is 5.54 Å². The van der Waals surface area contributed by atoms with E-state index in [1.165, 1.54) is 0 Å². The molecule has 31 heavy (non-hydrogen) atoms. The van der Waals surface area contributed by atoms with Gasteiger partial charge in [0.25, 0.3) is 5.91 Å².